The molecule has 0 aliphatic heterocycles. The molecule has 0 aromatic heterocycles. The van der Waals surface area contributed by atoms with Gasteiger partial charge >= 0.3 is 0 Å². The summed E-state index contributed by atoms with van der Waals surface area (Å²) in [5, 5.41) is 3.41. The van der Waals surface area contributed by atoms with Gasteiger partial charge in [-0.2, -0.15) is 0 Å². The van der Waals surface area contributed by atoms with Crippen molar-refractivity contribution in [2.75, 3.05) is 7.11 Å². The molecule has 3 aromatic carbocycles. The van der Waals surface area contributed by atoms with Crippen molar-refractivity contribution in [1.82, 2.24) is 5.32 Å². The molecule has 0 fully saturated rings. The van der Waals surface area contributed by atoms with Crippen molar-refractivity contribution >= 4 is 0 Å². The molecule has 134 valence electrons. The van der Waals surface area contributed by atoms with E-state index in [1.54, 1.807) is 19.2 Å². The van der Waals surface area contributed by atoms with Crippen LogP contribution in [-0.2, 0) is 19.7 Å². The van der Waals surface area contributed by atoms with Crippen molar-refractivity contribution < 1.29 is 13.9 Å². The Bertz CT molecular complexity index is 834. The molecular weight excluding hydrogens is 329 g/mol. The molecule has 0 saturated heterocycles. The zero-order valence-electron chi connectivity index (χ0n) is 14.7. The van der Waals surface area contributed by atoms with E-state index in [9.17, 15) is 4.39 Å². The minimum Gasteiger partial charge on any atom is -0.497 e. The molecule has 3 nitrogen and oxygen atoms in total. The van der Waals surface area contributed by atoms with Gasteiger partial charge in [0.05, 0.1) is 7.11 Å². The Morgan fingerprint density at radius 1 is 0.808 bits per heavy atom. The van der Waals surface area contributed by atoms with E-state index in [4.69, 9.17) is 9.47 Å². The molecule has 1 N–H and O–H groups in total. The molecule has 0 amide bonds. The molecule has 4 heteroatoms. The first-order valence-corrected chi connectivity index (χ1v) is 8.54. The summed E-state index contributed by atoms with van der Waals surface area (Å²) < 4.78 is 24.7. The fourth-order valence-electron chi connectivity index (χ4n) is 2.65. The Morgan fingerprint density at radius 2 is 1.50 bits per heavy atom. The zero-order valence-corrected chi connectivity index (χ0v) is 14.7. The minimum absolute atomic E-state index is 0.210. The summed E-state index contributed by atoms with van der Waals surface area (Å²) in [6, 6.07) is 22.4. The van der Waals surface area contributed by atoms with Crippen LogP contribution in [0.1, 0.15) is 16.7 Å². The standard InChI is InChI=1S/C22H22FNO2/c1-25-20-12-10-17(11-13-20)14-24-15-18-6-3-5-9-22(18)26-16-19-7-2-4-8-21(19)23/h2-13,24H,14-16H2,1H3. The first kappa shape index (κ1) is 18.0. The number of nitrogens with one attached hydrogen (secondary N) is 1. The molecule has 0 unspecified atom stereocenters. The first-order chi connectivity index (χ1) is 12.8. The predicted octanol–water partition coefficient (Wildman–Crippen LogP) is 4.70. The number of hydrogen-bond donors (Lipinski definition) is 1. The number of methoxy groups -OCH3 is 1. The van der Waals surface area contributed by atoms with Crippen molar-refractivity contribution in [3.05, 3.63) is 95.3 Å². The highest BCUT2D eigenvalue weighted by Crippen LogP contribution is 2.20. The van der Waals surface area contributed by atoms with Crippen LogP contribution in [0.4, 0.5) is 4.39 Å². The van der Waals surface area contributed by atoms with Gasteiger partial charge in [-0.05, 0) is 29.8 Å². The average Bonchev–Trinajstić information content (AvgIpc) is 2.69. The van der Waals surface area contributed by atoms with Crippen LogP contribution < -0.4 is 14.8 Å². The lowest BCUT2D eigenvalue weighted by molar-refractivity contribution is 0.296. The normalized spacial score (nSPS) is 10.5. The summed E-state index contributed by atoms with van der Waals surface area (Å²) >= 11 is 0. The molecule has 0 aliphatic carbocycles. The fraction of sp³-hybridized carbons (Fsp3) is 0.182. The van der Waals surface area contributed by atoms with Crippen molar-refractivity contribution in [2.45, 2.75) is 19.7 Å². The van der Waals surface area contributed by atoms with E-state index in [1.807, 2.05) is 54.6 Å². The number of ether oxygens (including phenoxy) is 2. The van der Waals surface area contributed by atoms with Crippen LogP contribution in [0.2, 0.25) is 0 Å². The van der Waals surface area contributed by atoms with Crippen LogP contribution in [-0.4, -0.2) is 7.11 Å². The van der Waals surface area contributed by atoms with E-state index >= 15 is 0 Å². The average molecular weight is 351 g/mol. The second-order valence-corrected chi connectivity index (χ2v) is 5.94. The summed E-state index contributed by atoms with van der Waals surface area (Å²) in [6.45, 7) is 1.62. The number of hydrogen-bond acceptors (Lipinski definition) is 3. The van der Waals surface area contributed by atoms with E-state index in [0.29, 0.717) is 12.1 Å². The molecule has 0 radical (unpaired) electrons. The Labute approximate surface area is 153 Å². The predicted molar refractivity (Wildman–Crippen MR) is 101 cm³/mol. The molecule has 0 atom stereocenters. The number of halogens is 1. The third kappa shape index (κ3) is 4.83. The van der Waals surface area contributed by atoms with Crippen LogP contribution in [0.5, 0.6) is 11.5 Å². The summed E-state index contributed by atoms with van der Waals surface area (Å²) in [5.41, 5.74) is 2.77. The lowest BCUT2D eigenvalue weighted by Gasteiger charge is -2.13. The Morgan fingerprint density at radius 3 is 2.23 bits per heavy atom. The zero-order chi connectivity index (χ0) is 18.2. The van der Waals surface area contributed by atoms with Gasteiger partial charge in [0.2, 0.25) is 0 Å². The van der Waals surface area contributed by atoms with Gasteiger partial charge < -0.3 is 14.8 Å². The van der Waals surface area contributed by atoms with Crippen molar-refractivity contribution in [3.8, 4) is 11.5 Å². The molecule has 0 aliphatic rings. The maximum Gasteiger partial charge on any atom is 0.129 e. The number of rotatable bonds is 8. The van der Waals surface area contributed by atoms with Gasteiger partial charge in [0.15, 0.2) is 0 Å². The van der Waals surface area contributed by atoms with Crippen molar-refractivity contribution in [3.63, 3.8) is 0 Å². The third-order valence-corrected chi connectivity index (χ3v) is 4.12. The highest BCUT2D eigenvalue weighted by molar-refractivity contribution is 5.34. The molecule has 3 rings (SSSR count). The SMILES string of the molecule is COc1ccc(CNCc2ccccc2OCc2ccccc2F)cc1. The van der Waals surface area contributed by atoms with Gasteiger partial charge in [0.1, 0.15) is 23.9 Å². The molecule has 0 bridgehead atoms. The Kier molecular flexibility index (Phi) is 6.23. The van der Waals surface area contributed by atoms with Gasteiger partial charge in [-0.1, -0.05) is 48.5 Å². The van der Waals surface area contributed by atoms with Crippen LogP contribution in [0.3, 0.4) is 0 Å². The Balaban J connectivity index is 1.57. The van der Waals surface area contributed by atoms with E-state index in [1.165, 1.54) is 11.6 Å². The highest BCUT2D eigenvalue weighted by Gasteiger charge is 2.06. The molecular formula is C22H22FNO2. The fourth-order valence-corrected chi connectivity index (χ4v) is 2.65. The van der Waals surface area contributed by atoms with Crippen LogP contribution in [0.15, 0.2) is 72.8 Å². The summed E-state index contributed by atoms with van der Waals surface area (Å²) in [6.07, 6.45) is 0. The first-order valence-electron chi connectivity index (χ1n) is 8.54. The van der Waals surface area contributed by atoms with Gasteiger partial charge in [-0.3, -0.25) is 0 Å². The van der Waals surface area contributed by atoms with E-state index in [0.717, 1.165) is 23.6 Å². The summed E-state index contributed by atoms with van der Waals surface area (Å²) in [7, 11) is 1.66. The maximum absolute atomic E-state index is 13.7. The largest absolute Gasteiger partial charge is 0.497 e. The number of para-hydroxylation sites is 1. The molecule has 0 saturated carbocycles. The van der Waals surface area contributed by atoms with Crippen LogP contribution in [0.25, 0.3) is 0 Å². The Hall–Kier alpha value is -2.85. The minimum atomic E-state index is -0.248. The third-order valence-electron chi connectivity index (χ3n) is 4.12. The molecule has 3 aromatic rings. The quantitative estimate of drug-likeness (QED) is 0.638. The van der Waals surface area contributed by atoms with Gasteiger partial charge in [-0.15, -0.1) is 0 Å². The van der Waals surface area contributed by atoms with E-state index < -0.39 is 0 Å². The lowest BCUT2D eigenvalue weighted by Crippen LogP contribution is -2.13. The van der Waals surface area contributed by atoms with Crippen molar-refractivity contribution in [2.24, 2.45) is 0 Å². The maximum atomic E-state index is 13.7. The monoisotopic (exact) mass is 351 g/mol. The van der Waals surface area contributed by atoms with Crippen LogP contribution >= 0.6 is 0 Å². The molecule has 0 heterocycles. The van der Waals surface area contributed by atoms with Crippen LogP contribution in [0, 0.1) is 5.82 Å². The summed E-state index contributed by atoms with van der Waals surface area (Å²) in [5.74, 6) is 1.36. The second kappa shape index (κ2) is 9.02. The van der Waals surface area contributed by atoms with Crippen molar-refractivity contribution in [1.29, 1.82) is 0 Å². The highest BCUT2D eigenvalue weighted by atomic mass is 19.1. The lowest BCUT2D eigenvalue weighted by atomic mass is 10.1. The number of benzene rings is 3. The van der Waals surface area contributed by atoms with E-state index in [-0.39, 0.29) is 12.4 Å². The molecule has 26 heavy (non-hydrogen) atoms. The topological polar surface area (TPSA) is 30.5 Å². The van der Waals surface area contributed by atoms with Gasteiger partial charge in [-0.25, -0.2) is 4.39 Å². The summed E-state index contributed by atoms with van der Waals surface area (Å²) in [4.78, 5) is 0. The molecule has 0 spiro atoms. The van der Waals surface area contributed by atoms with E-state index in [2.05, 4.69) is 5.32 Å². The van der Waals surface area contributed by atoms with Gasteiger partial charge in [0, 0.05) is 24.2 Å². The van der Waals surface area contributed by atoms with Gasteiger partial charge in [0.25, 0.3) is 0 Å². The second-order valence-electron chi connectivity index (χ2n) is 5.94. The smallest absolute Gasteiger partial charge is 0.129 e.